The van der Waals surface area contributed by atoms with E-state index in [9.17, 15) is 0 Å². The summed E-state index contributed by atoms with van der Waals surface area (Å²) in [5.41, 5.74) is 4.75. The van der Waals surface area contributed by atoms with Crippen molar-refractivity contribution in [2.24, 2.45) is 0 Å². The van der Waals surface area contributed by atoms with Gasteiger partial charge in [-0.2, -0.15) is 0 Å². The number of para-hydroxylation sites is 1. The van der Waals surface area contributed by atoms with Gasteiger partial charge in [0.15, 0.2) is 0 Å². The lowest BCUT2D eigenvalue weighted by Gasteiger charge is -2.41. The zero-order valence-electron chi connectivity index (χ0n) is 13.6. The molecular formula is C20H21NS2. The number of hydrogen-bond donors (Lipinski definition) is 0. The van der Waals surface area contributed by atoms with Crippen molar-refractivity contribution in [1.82, 2.24) is 0 Å². The predicted molar refractivity (Wildman–Crippen MR) is 102 cm³/mol. The van der Waals surface area contributed by atoms with Gasteiger partial charge in [0.05, 0.1) is 15.6 Å². The fourth-order valence-corrected chi connectivity index (χ4v) is 7.36. The lowest BCUT2D eigenvalue weighted by atomic mass is 9.88. The van der Waals surface area contributed by atoms with Crippen molar-refractivity contribution in [3.8, 4) is 0 Å². The van der Waals surface area contributed by atoms with Gasteiger partial charge in [-0.1, -0.05) is 31.0 Å². The number of rotatable bonds is 1. The van der Waals surface area contributed by atoms with E-state index in [1.807, 2.05) is 22.7 Å². The highest BCUT2D eigenvalue weighted by Gasteiger charge is 2.52. The molecule has 0 unspecified atom stereocenters. The molecule has 5 rings (SSSR count). The summed E-state index contributed by atoms with van der Waals surface area (Å²) >= 11 is 3.96. The molecule has 3 aromatic rings. The van der Waals surface area contributed by atoms with Gasteiger partial charge in [-0.25, -0.2) is 0 Å². The van der Waals surface area contributed by atoms with E-state index in [2.05, 4.69) is 54.5 Å². The molecule has 2 aromatic heterocycles. The quantitative estimate of drug-likeness (QED) is 0.481. The molecule has 1 aromatic carbocycles. The highest BCUT2D eigenvalue weighted by atomic mass is 32.2. The average molecular weight is 340 g/mol. The van der Waals surface area contributed by atoms with Gasteiger partial charge in [0.2, 0.25) is 0 Å². The van der Waals surface area contributed by atoms with Crippen molar-refractivity contribution in [1.29, 1.82) is 0 Å². The zero-order valence-corrected chi connectivity index (χ0v) is 15.3. The molecule has 1 atom stereocenters. The molecule has 0 bridgehead atoms. The van der Waals surface area contributed by atoms with Crippen LogP contribution in [-0.2, 0) is 5.54 Å². The third-order valence-corrected chi connectivity index (χ3v) is 8.26. The second-order valence-electron chi connectivity index (χ2n) is 7.03. The monoisotopic (exact) mass is 339 g/mol. The summed E-state index contributed by atoms with van der Waals surface area (Å²) in [6.07, 6.45) is 5.33. The fraction of sp³-hybridized carbons (Fsp3) is 0.400. The molecule has 0 amide bonds. The molecule has 1 fully saturated rings. The molecule has 1 aliphatic heterocycles. The maximum absolute atomic E-state index is 2.77. The molecule has 0 saturated heterocycles. The number of thiophene rings is 2. The van der Waals surface area contributed by atoms with E-state index >= 15 is 0 Å². The van der Waals surface area contributed by atoms with Crippen LogP contribution in [0.1, 0.15) is 54.7 Å². The van der Waals surface area contributed by atoms with Gasteiger partial charge in [0.1, 0.15) is 0 Å². The van der Waals surface area contributed by atoms with Crippen LogP contribution in [0.5, 0.6) is 0 Å². The van der Waals surface area contributed by atoms with Crippen molar-refractivity contribution in [2.45, 2.75) is 51.1 Å². The first-order chi connectivity index (χ1) is 11.2. The molecule has 1 nitrogen and oxygen atoms in total. The van der Waals surface area contributed by atoms with Crippen LogP contribution in [0.4, 0.5) is 5.69 Å². The number of benzene rings is 1. The molecule has 3 heterocycles. The maximum Gasteiger partial charge on any atom is 0.0872 e. The van der Waals surface area contributed by atoms with Crippen LogP contribution in [-0.4, -0.2) is 0 Å². The summed E-state index contributed by atoms with van der Waals surface area (Å²) in [5, 5.41) is 3.81. The Hall–Kier alpha value is -1.32. The summed E-state index contributed by atoms with van der Waals surface area (Å²) in [7, 11) is 0. The molecule has 1 spiro atoms. The molecule has 3 heteroatoms. The third kappa shape index (κ3) is 1.72. The number of hydrogen-bond acceptors (Lipinski definition) is 3. The van der Waals surface area contributed by atoms with Gasteiger partial charge in [-0.15, -0.1) is 22.7 Å². The summed E-state index contributed by atoms with van der Waals surface area (Å²) in [6.45, 7) is 4.68. The van der Waals surface area contributed by atoms with Crippen molar-refractivity contribution in [3.63, 3.8) is 0 Å². The van der Waals surface area contributed by atoms with Gasteiger partial charge >= 0.3 is 0 Å². The predicted octanol–water partition coefficient (Wildman–Crippen LogP) is 6.62. The van der Waals surface area contributed by atoms with E-state index in [0.29, 0.717) is 6.04 Å². The standard InChI is InChI=1S/C20H21NS2/c1-13-7-3-4-8-16(13)21-14(2)18-17(20(21)10-5-6-11-20)15-9-12-22-19(15)23-18/h3-4,7-9,12,14H,5-6,10-11H2,1-2H3/t14-/m0/s1. The topological polar surface area (TPSA) is 3.24 Å². The van der Waals surface area contributed by atoms with Crippen molar-refractivity contribution in [3.05, 3.63) is 51.7 Å². The molecule has 1 saturated carbocycles. The van der Waals surface area contributed by atoms with Crippen molar-refractivity contribution >= 4 is 37.8 Å². The SMILES string of the molecule is Cc1ccccc1N1[C@@H](C)c2sc3sccc3c2C12CCCC2. The Balaban J connectivity index is 1.79. The van der Waals surface area contributed by atoms with Crippen LogP contribution >= 0.6 is 22.7 Å². The van der Waals surface area contributed by atoms with Crippen molar-refractivity contribution < 1.29 is 0 Å². The molecule has 1 aliphatic carbocycles. The molecule has 2 aliphatic rings. The molecular weight excluding hydrogens is 318 g/mol. The minimum absolute atomic E-state index is 0.236. The minimum atomic E-state index is 0.236. The van der Waals surface area contributed by atoms with Gasteiger partial charge in [-0.3, -0.25) is 0 Å². The lowest BCUT2D eigenvalue weighted by Crippen LogP contribution is -2.40. The molecule has 118 valence electrons. The molecule has 23 heavy (non-hydrogen) atoms. The largest absolute Gasteiger partial charge is 0.354 e. The normalized spacial score (nSPS) is 22.3. The van der Waals surface area contributed by atoms with E-state index in [1.165, 1.54) is 40.9 Å². The highest BCUT2D eigenvalue weighted by Crippen LogP contribution is 2.61. The summed E-state index contributed by atoms with van der Waals surface area (Å²) in [4.78, 5) is 4.39. The average Bonchev–Trinajstić information content (AvgIpc) is 3.26. The Morgan fingerprint density at radius 1 is 1.13 bits per heavy atom. The Morgan fingerprint density at radius 3 is 2.70 bits per heavy atom. The Morgan fingerprint density at radius 2 is 1.91 bits per heavy atom. The van der Waals surface area contributed by atoms with Crippen LogP contribution in [0.3, 0.4) is 0 Å². The second kappa shape index (κ2) is 4.84. The second-order valence-corrected chi connectivity index (χ2v) is 9.26. The highest BCUT2D eigenvalue weighted by molar-refractivity contribution is 7.37. The first-order valence-corrected chi connectivity index (χ1v) is 10.3. The number of aryl methyl sites for hydroxylation is 1. The van der Waals surface area contributed by atoms with Crippen LogP contribution in [0.2, 0.25) is 0 Å². The first-order valence-electron chi connectivity index (χ1n) is 8.58. The van der Waals surface area contributed by atoms with Gasteiger partial charge in [0.25, 0.3) is 0 Å². The Kier molecular flexibility index (Phi) is 2.96. The van der Waals surface area contributed by atoms with Crippen LogP contribution in [0, 0.1) is 6.92 Å². The number of anilines is 1. The number of fused-ring (bicyclic) bond motifs is 4. The van der Waals surface area contributed by atoms with Crippen LogP contribution in [0.25, 0.3) is 9.40 Å². The van der Waals surface area contributed by atoms with Crippen LogP contribution in [0.15, 0.2) is 35.7 Å². The van der Waals surface area contributed by atoms with Gasteiger partial charge in [0, 0.05) is 21.5 Å². The maximum atomic E-state index is 2.77. The first kappa shape index (κ1) is 14.1. The summed E-state index contributed by atoms with van der Waals surface area (Å²) < 4.78 is 1.53. The van der Waals surface area contributed by atoms with E-state index < -0.39 is 0 Å². The Labute approximate surface area is 145 Å². The van der Waals surface area contributed by atoms with Gasteiger partial charge in [-0.05, 0) is 49.8 Å². The van der Waals surface area contributed by atoms with E-state index in [4.69, 9.17) is 0 Å². The third-order valence-electron chi connectivity index (χ3n) is 5.85. The molecule has 0 N–H and O–H groups in total. The van der Waals surface area contributed by atoms with Crippen molar-refractivity contribution in [2.75, 3.05) is 4.90 Å². The zero-order chi connectivity index (χ0) is 15.6. The lowest BCUT2D eigenvalue weighted by molar-refractivity contribution is 0.418. The summed E-state index contributed by atoms with van der Waals surface area (Å²) in [6, 6.07) is 11.8. The summed E-state index contributed by atoms with van der Waals surface area (Å²) in [5.74, 6) is 0. The minimum Gasteiger partial charge on any atom is -0.354 e. The van der Waals surface area contributed by atoms with E-state index in [0.717, 1.165) is 0 Å². The van der Waals surface area contributed by atoms with Gasteiger partial charge < -0.3 is 4.90 Å². The smallest absolute Gasteiger partial charge is 0.0872 e. The van der Waals surface area contributed by atoms with E-state index in [1.54, 1.807) is 15.8 Å². The fourth-order valence-electron chi connectivity index (χ4n) is 4.95. The Bertz CT molecular complexity index is 882. The number of nitrogens with zero attached hydrogens (tertiary/aromatic N) is 1. The molecule has 0 radical (unpaired) electrons. The van der Waals surface area contributed by atoms with Crippen LogP contribution < -0.4 is 4.90 Å². The van der Waals surface area contributed by atoms with E-state index in [-0.39, 0.29) is 5.54 Å².